The van der Waals surface area contributed by atoms with E-state index < -0.39 is 24.5 Å². The Morgan fingerprint density at radius 3 is 1.46 bits per heavy atom. The van der Waals surface area contributed by atoms with Gasteiger partial charge in [0, 0.05) is 12.8 Å². The molecule has 0 aliphatic carbocycles. The summed E-state index contributed by atoms with van der Waals surface area (Å²) in [4.78, 5) is 47.5. The number of hydrogen-bond acceptors (Lipinski definition) is 6. The third-order valence-corrected chi connectivity index (χ3v) is 9.76. The van der Waals surface area contributed by atoms with Crippen molar-refractivity contribution in [3.05, 3.63) is 12.2 Å². The first-order chi connectivity index (χ1) is 25.3. The molecule has 4 N–H and O–H groups in total. The molecular formula is C43H80N2O7. The molecule has 0 saturated heterocycles. The van der Waals surface area contributed by atoms with Crippen molar-refractivity contribution < 1.29 is 34.1 Å². The number of nitrogens with one attached hydrogen (secondary N) is 2. The average molecular weight is 737 g/mol. The number of aliphatic hydroxyl groups is 1. The van der Waals surface area contributed by atoms with Crippen LogP contribution in [0.2, 0.25) is 0 Å². The molecule has 0 bridgehead atoms. The van der Waals surface area contributed by atoms with Crippen LogP contribution >= 0.6 is 0 Å². The Labute approximate surface area is 318 Å². The van der Waals surface area contributed by atoms with Gasteiger partial charge in [0.05, 0.1) is 13.2 Å². The zero-order valence-corrected chi connectivity index (χ0v) is 33.6. The zero-order chi connectivity index (χ0) is 38.3. The monoisotopic (exact) mass is 737 g/mol. The van der Waals surface area contributed by atoms with E-state index >= 15 is 0 Å². The van der Waals surface area contributed by atoms with Crippen LogP contribution in [0.3, 0.4) is 0 Å². The first-order valence-electron chi connectivity index (χ1n) is 21.6. The van der Waals surface area contributed by atoms with E-state index in [1.54, 1.807) is 0 Å². The maximum absolute atomic E-state index is 12.7. The summed E-state index contributed by atoms with van der Waals surface area (Å²) >= 11 is 0. The summed E-state index contributed by atoms with van der Waals surface area (Å²) in [5, 5.41) is 22.5. The number of aliphatic carboxylic acids is 1. The summed E-state index contributed by atoms with van der Waals surface area (Å²) in [5.74, 6) is -2.29. The van der Waals surface area contributed by atoms with Crippen molar-refractivity contribution in [2.45, 2.75) is 225 Å². The van der Waals surface area contributed by atoms with Crippen LogP contribution in [0.15, 0.2) is 12.2 Å². The highest BCUT2D eigenvalue weighted by Gasteiger charge is 2.19. The van der Waals surface area contributed by atoms with Crippen LogP contribution in [-0.2, 0) is 23.9 Å². The van der Waals surface area contributed by atoms with E-state index in [0.29, 0.717) is 19.3 Å². The molecule has 9 nitrogen and oxygen atoms in total. The molecule has 0 radical (unpaired) electrons. The molecule has 0 heterocycles. The lowest BCUT2D eigenvalue weighted by Crippen LogP contribution is -2.47. The minimum atomic E-state index is -1.38. The molecule has 0 aromatic heterocycles. The Morgan fingerprint density at radius 1 is 0.558 bits per heavy atom. The third kappa shape index (κ3) is 34.7. The topological polar surface area (TPSA) is 142 Å². The Bertz CT molecular complexity index is 895. The van der Waals surface area contributed by atoms with Gasteiger partial charge in [-0.2, -0.15) is 0 Å². The third-order valence-electron chi connectivity index (χ3n) is 9.76. The van der Waals surface area contributed by atoms with Crippen molar-refractivity contribution in [2.75, 3.05) is 13.2 Å². The van der Waals surface area contributed by atoms with Gasteiger partial charge in [-0.25, -0.2) is 4.79 Å². The SMILES string of the molecule is CCCCCCCCCC/C=C\CCCCCC(CCCCCCCC(=O)NCC(=O)NC(CO)C(=O)O)OC(=O)CCCCCCCCCCC. The second kappa shape index (κ2) is 38.3. The zero-order valence-electron chi connectivity index (χ0n) is 33.6. The number of esters is 1. The number of unbranched alkanes of at least 4 members (excludes halogenated alkanes) is 23. The standard InChI is InChI=1S/C43H80N2O7/c1-3-5-7-9-11-13-14-15-16-17-18-20-21-24-28-32-38(52-42(49)35-31-27-22-19-12-10-8-6-4-2)33-29-25-23-26-30-34-40(47)44-36-41(48)45-39(37-46)43(50)51/h17-18,38-39,46H,3-16,19-37H2,1-2H3,(H,44,47)(H,45,48)(H,50,51)/b18-17-. The minimum absolute atomic E-state index is 0.0212. The first kappa shape index (κ1) is 49.6. The van der Waals surface area contributed by atoms with E-state index in [9.17, 15) is 19.2 Å². The Hall–Kier alpha value is -2.42. The highest BCUT2D eigenvalue weighted by molar-refractivity contribution is 5.87. The molecule has 2 atom stereocenters. The lowest BCUT2D eigenvalue weighted by atomic mass is 10.0. The van der Waals surface area contributed by atoms with E-state index in [2.05, 4.69) is 36.6 Å². The predicted molar refractivity (Wildman–Crippen MR) is 213 cm³/mol. The fraction of sp³-hybridized carbons (Fsp3) is 0.860. The molecule has 52 heavy (non-hydrogen) atoms. The van der Waals surface area contributed by atoms with Gasteiger partial charge in [0.2, 0.25) is 11.8 Å². The highest BCUT2D eigenvalue weighted by atomic mass is 16.5. The van der Waals surface area contributed by atoms with Gasteiger partial charge < -0.3 is 25.6 Å². The van der Waals surface area contributed by atoms with Crippen LogP contribution in [-0.4, -0.2) is 59.3 Å². The Morgan fingerprint density at radius 2 is 0.981 bits per heavy atom. The molecule has 0 spiro atoms. The van der Waals surface area contributed by atoms with Crippen LogP contribution in [0, 0.1) is 0 Å². The molecule has 0 aromatic carbocycles. The number of rotatable bonds is 39. The fourth-order valence-electron chi connectivity index (χ4n) is 6.42. The number of carbonyl (C=O) groups excluding carboxylic acids is 3. The van der Waals surface area contributed by atoms with E-state index in [4.69, 9.17) is 14.9 Å². The first-order valence-corrected chi connectivity index (χ1v) is 21.6. The molecular weight excluding hydrogens is 656 g/mol. The second-order valence-electron chi connectivity index (χ2n) is 14.8. The molecule has 0 saturated carbocycles. The van der Waals surface area contributed by atoms with Crippen LogP contribution in [0.25, 0.3) is 0 Å². The van der Waals surface area contributed by atoms with Gasteiger partial charge in [-0.15, -0.1) is 0 Å². The molecule has 304 valence electrons. The summed E-state index contributed by atoms with van der Waals surface area (Å²) in [5.41, 5.74) is 0. The van der Waals surface area contributed by atoms with Crippen LogP contribution < -0.4 is 10.6 Å². The van der Waals surface area contributed by atoms with Crippen molar-refractivity contribution in [2.24, 2.45) is 0 Å². The Balaban J connectivity index is 4.31. The predicted octanol–water partition coefficient (Wildman–Crippen LogP) is 10.3. The van der Waals surface area contributed by atoms with Gasteiger partial charge in [0.15, 0.2) is 0 Å². The molecule has 9 heteroatoms. The normalized spacial score (nSPS) is 12.5. The van der Waals surface area contributed by atoms with Crippen molar-refractivity contribution >= 4 is 23.8 Å². The molecule has 0 aromatic rings. The van der Waals surface area contributed by atoms with Gasteiger partial charge in [-0.05, 0) is 64.2 Å². The summed E-state index contributed by atoms with van der Waals surface area (Å²) in [7, 11) is 0. The average Bonchev–Trinajstić information content (AvgIpc) is 3.13. The van der Waals surface area contributed by atoms with Gasteiger partial charge in [-0.3, -0.25) is 14.4 Å². The van der Waals surface area contributed by atoms with Crippen molar-refractivity contribution in [3.8, 4) is 0 Å². The quantitative estimate of drug-likeness (QED) is 0.0279. The van der Waals surface area contributed by atoms with Crippen LogP contribution in [0.4, 0.5) is 0 Å². The largest absolute Gasteiger partial charge is 0.480 e. The van der Waals surface area contributed by atoms with E-state index in [-0.39, 0.29) is 24.5 Å². The van der Waals surface area contributed by atoms with E-state index in [0.717, 1.165) is 70.6 Å². The van der Waals surface area contributed by atoms with Gasteiger partial charge >= 0.3 is 11.9 Å². The van der Waals surface area contributed by atoms with Crippen molar-refractivity contribution in [1.29, 1.82) is 0 Å². The minimum Gasteiger partial charge on any atom is -0.480 e. The Kier molecular flexibility index (Phi) is 36.5. The fourth-order valence-corrected chi connectivity index (χ4v) is 6.42. The number of carboxylic acids is 1. The number of aliphatic hydroxyl groups excluding tert-OH is 1. The molecule has 0 aliphatic heterocycles. The maximum Gasteiger partial charge on any atom is 0.328 e. The summed E-state index contributed by atoms with van der Waals surface area (Å²) in [6.45, 7) is 3.47. The lowest BCUT2D eigenvalue weighted by molar-refractivity contribution is -0.150. The number of carbonyl (C=O) groups is 4. The number of ether oxygens (including phenoxy) is 1. The second-order valence-corrected chi connectivity index (χ2v) is 14.8. The van der Waals surface area contributed by atoms with Crippen LogP contribution in [0.5, 0.6) is 0 Å². The molecule has 0 fully saturated rings. The number of amides is 2. The summed E-state index contributed by atoms with van der Waals surface area (Å²) in [6.07, 6.45) is 39.5. The van der Waals surface area contributed by atoms with E-state index in [1.165, 1.54) is 109 Å². The summed E-state index contributed by atoms with van der Waals surface area (Å²) < 4.78 is 6.01. The number of allylic oxidation sites excluding steroid dienone is 2. The smallest absolute Gasteiger partial charge is 0.328 e. The molecule has 2 unspecified atom stereocenters. The van der Waals surface area contributed by atoms with Gasteiger partial charge in [0.1, 0.15) is 12.1 Å². The highest BCUT2D eigenvalue weighted by Crippen LogP contribution is 2.18. The van der Waals surface area contributed by atoms with Crippen molar-refractivity contribution in [1.82, 2.24) is 10.6 Å². The van der Waals surface area contributed by atoms with Crippen LogP contribution in [0.1, 0.15) is 213 Å². The summed E-state index contributed by atoms with van der Waals surface area (Å²) in [6, 6.07) is -1.38. The number of hydrogen-bond donors (Lipinski definition) is 4. The van der Waals surface area contributed by atoms with E-state index in [1.807, 2.05) is 0 Å². The lowest BCUT2D eigenvalue weighted by Gasteiger charge is -2.18. The molecule has 2 amide bonds. The van der Waals surface area contributed by atoms with Gasteiger partial charge in [-0.1, -0.05) is 148 Å². The molecule has 0 aliphatic rings. The van der Waals surface area contributed by atoms with Gasteiger partial charge in [0.25, 0.3) is 0 Å². The maximum atomic E-state index is 12.7. The number of carboxylic acid groups (broad SMARTS) is 1. The molecule has 0 rings (SSSR count). The van der Waals surface area contributed by atoms with Crippen molar-refractivity contribution in [3.63, 3.8) is 0 Å².